The summed E-state index contributed by atoms with van der Waals surface area (Å²) in [5.74, 6) is -0.820. The lowest BCUT2D eigenvalue weighted by molar-refractivity contribution is -0.139. The Labute approximate surface area is 208 Å². The Kier molecular flexibility index (Phi) is 6.49. The molecule has 2 N–H and O–H groups in total. The van der Waals surface area contributed by atoms with Crippen LogP contribution in [0.25, 0.3) is 22.5 Å². The predicted molar refractivity (Wildman–Crippen MR) is 133 cm³/mol. The second-order valence-corrected chi connectivity index (χ2v) is 9.25. The zero-order valence-corrected chi connectivity index (χ0v) is 20.3. The van der Waals surface area contributed by atoms with Crippen molar-refractivity contribution in [2.45, 2.75) is 52.1 Å². The average Bonchev–Trinajstić information content (AvgIpc) is 3.21. The lowest BCUT2D eigenvalue weighted by Crippen LogP contribution is -2.26. The van der Waals surface area contributed by atoms with Crippen LogP contribution in [0, 0.1) is 11.8 Å². The first-order chi connectivity index (χ1) is 17.5. The monoisotopic (exact) mass is 487 g/mol. The van der Waals surface area contributed by atoms with Gasteiger partial charge in [0.2, 0.25) is 0 Å². The van der Waals surface area contributed by atoms with Gasteiger partial charge in [-0.2, -0.15) is 0 Å². The van der Waals surface area contributed by atoms with Gasteiger partial charge in [0.1, 0.15) is 0 Å². The SMILES string of the molecule is CCCCc1cn(C2C(CC)C2C(=O)O)c(=O)n1Cc1cnccc1-c1ccccc1-c1nnn[nH]1. The molecule has 10 nitrogen and oxygen atoms in total. The number of pyridine rings is 1. The zero-order chi connectivity index (χ0) is 25.2. The third-order valence-electron chi connectivity index (χ3n) is 7.13. The maximum atomic E-state index is 13.7. The van der Waals surface area contributed by atoms with Crippen molar-refractivity contribution in [1.82, 2.24) is 34.7 Å². The van der Waals surface area contributed by atoms with Crippen molar-refractivity contribution in [3.8, 4) is 22.5 Å². The second kappa shape index (κ2) is 9.88. The van der Waals surface area contributed by atoms with E-state index in [0.29, 0.717) is 12.4 Å². The van der Waals surface area contributed by atoms with Crippen molar-refractivity contribution < 1.29 is 9.90 Å². The van der Waals surface area contributed by atoms with Gasteiger partial charge in [-0.15, -0.1) is 5.10 Å². The Morgan fingerprint density at radius 1 is 1.14 bits per heavy atom. The molecule has 1 aromatic carbocycles. The standard InChI is InChI=1S/C26H29N7O3/c1-3-5-8-17-15-33(23-18(4-2)22(23)25(34)35)26(36)32(17)14-16-13-27-12-11-19(16)20-9-6-7-10-21(20)24-28-30-31-29-24/h6-7,9-13,15,18,22-23H,3-5,8,14H2,1-2H3,(H,34,35)(H,28,29,30,31). The number of aromatic nitrogens is 7. The summed E-state index contributed by atoms with van der Waals surface area (Å²) >= 11 is 0. The normalized spacial score (nSPS) is 18.9. The van der Waals surface area contributed by atoms with Crippen molar-refractivity contribution in [1.29, 1.82) is 0 Å². The van der Waals surface area contributed by atoms with Gasteiger partial charge in [0.25, 0.3) is 0 Å². The molecular formula is C26H29N7O3. The number of hydrogen-bond donors (Lipinski definition) is 2. The number of tetrazole rings is 1. The third kappa shape index (κ3) is 4.23. The first kappa shape index (κ1) is 23.7. The number of imidazole rings is 1. The minimum atomic E-state index is -0.838. The van der Waals surface area contributed by atoms with E-state index in [0.717, 1.165) is 53.6 Å². The van der Waals surface area contributed by atoms with Crippen LogP contribution in [-0.4, -0.2) is 45.8 Å². The molecule has 0 spiro atoms. The van der Waals surface area contributed by atoms with Gasteiger partial charge in [0.15, 0.2) is 5.82 Å². The van der Waals surface area contributed by atoms with Crippen molar-refractivity contribution in [2.24, 2.45) is 11.8 Å². The Morgan fingerprint density at radius 2 is 1.94 bits per heavy atom. The van der Waals surface area contributed by atoms with Gasteiger partial charge in [-0.25, -0.2) is 9.89 Å². The van der Waals surface area contributed by atoms with Crippen LogP contribution < -0.4 is 5.69 Å². The molecule has 36 heavy (non-hydrogen) atoms. The van der Waals surface area contributed by atoms with Gasteiger partial charge in [0.05, 0.1) is 18.5 Å². The van der Waals surface area contributed by atoms with E-state index in [4.69, 9.17) is 0 Å². The Morgan fingerprint density at radius 3 is 2.61 bits per heavy atom. The van der Waals surface area contributed by atoms with Crippen LogP contribution >= 0.6 is 0 Å². The number of carbonyl (C=O) groups is 1. The van der Waals surface area contributed by atoms with Crippen molar-refractivity contribution in [3.05, 3.63) is 70.7 Å². The van der Waals surface area contributed by atoms with Crippen LogP contribution in [-0.2, 0) is 17.8 Å². The van der Waals surface area contributed by atoms with E-state index in [9.17, 15) is 14.7 Å². The quantitative estimate of drug-likeness (QED) is 0.349. The van der Waals surface area contributed by atoms with E-state index in [-0.39, 0.29) is 17.6 Å². The average molecular weight is 488 g/mol. The summed E-state index contributed by atoms with van der Waals surface area (Å²) in [4.78, 5) is 29.8. The molecule has 1 aliphatic carbocycles. The third-order valence-corrected chi connectivity index (χ3v) is 7.13. The molecule has 1 aliphatic rings. The lowest BCUT2D eigenvalue weighted by atomic mass is 9.96. The summed E-state index contributed by atoms with van der Waals surface area (Å²) in [6.45, 7) is 4.42. The van der Waals surface area contributed by atoms with Crippen LogP contribution in [0.4, 0.5) is 0 Å². The Hall–Kier alpha value is -4.08. The summed E-state index contributed by atoms with van der Waals surface area (Å²) < 4.78 is 3.43. The highest BCUT2D eigenvalue weighted by Crippen LogP contribution is 2.52. The van der Waals surface area contributed by atoms with Gasteiger partial charge in [0, 0.05) is 29.8 Å². The van der Waals surface area contributed by atoms with Crippen LogP contribution in [0.2, 0.25) is 0 Å². The maximum Gasteiger partial charge on any atom is 0.328 e. The van der Waals surface area contributed by atoms with Crippen LogP contribution in [0.3, 0.4) is 0 Å². The van der Waals surface area contributed by atoms with Gasteiger partial charge < -0.3 is 5.11 Å². The molecule has 0 saturated heterocycles. The van der Waals surface area contributed by atoms with Crippen molar-refractivity contribution in [3.63, 3.8) is 0 Å². The second-order valence-electron chi connectivity index (χ2n) is 9.25. The van der Waals surface area contributed by atoms with E-state index in [2.05, 4.69) is 32.5 Å². The molecule has 0 bridgehead atoms. The number of hydrogen-bond acceptors (Lipinski definition) is 6. The molecule has 0 amide bonds. The molecule has 5 rings (SSSR count). The number of aryl methyl sites for hydroxylation is 1. The Bertz CT molecular complexity index is 1420. The van der Waals surface area contributed by atoms with Crippen molar-refractivity contribution in [2.75, 3.05) is 0 Å². The molecule has 3 unspecified atom stereocenters. The van der Waals surface area contributed by atoms with E-state index >= 15 is 0 Å². The first-order valence-corrected chi connectivity index (χ1v) is 12.3. The number of nitrogens with one attached hydrogen (secondary N) is 1. The molecule has 0 aliphatic heterocycles. The molecule has 0 radical (unpaired) electrons. The first-order valence-electron chi connectivity index (χ1n) is 12.3. The smallest absolute Gasteiger partial charge is 0.328 e. The summed E-state index contributed by atoms with van der Waals surface area (Å²) in [6.07, 6.45) is 8.79. The number of rotatable bonds is 10. The summed E-state index contributed by atoms with van der Waals surface area (Å²) in [5, 5.41) is 24.0. The molecule has 1 fully saturated rings. The van der Waals surface area contributed by atoms with E-state index in [1.807, 2.05) is 43.5 Å². The molecular weight excluding hydrogens is 458 g/mol. The van der Waals surface area contributed by atoms with E-state index in [1.54, 1.807) is 21.5 Å². The number of carboxylic acids is 1. The molecule has 4 aromatic rings. The number of unbranched alkanes of at least 4 members (excludes halogenated alkanes) is 1. The van der Waals surface area contributed by atoms with Gasteiger partial charge in [-0.3, -0.25) is 18.9 Å². The highest BCUT2D eigenvalue weighted by Gasteiger charge is 2.56. The molecule has 10 heteroatoms. The maximum absolute atomic E-state index is 13.7. The molecule has 186 valence electrons. The lowest BCUT2D eigenvalue weighted by Gasteiger charge is -2.14. The number of carboxylic acid groups (broad SMARTS) is 1. The largest absolute Gasteiger partial charge is 0.481 e. The highest BCUT2D eigenvalue weighted by atomic mass is 16.4. The number of aromatic amines is 1. The van der Waals surface area contributed by atoms with Gasteiger partial charge >= 0.3 is 11.7 Å². The predicted octanol–water partition coefficient (Wildman–Crippen LogP) is 3.56. The topological polar surface area (TPSA) is 132 Å². The van der Waals surface area contributed by atoms with Gasteiger partial charge in [-0.05, 0) is 51.9 Å². The fraction of sp³-hybridized carbons (Fsp3) is 0.385. The molecule has 1 saturated carbocycles. The molecule has 3 atom stereocenters. The minimum absolute atomic E-state index is 0.0218. The fourth-order valence-electron chi connectivity index (χ4n) is 5.23. The Balaban J connectivity index is 1.56. The fourth-order valence-corrected chi connectivity index (χ4v) is 5.23. The summed E-state index contributed by atoms with van der Waals surface area (Å²) in [5.41, 5.74) is 4.33. The van der Waals surface area contributed by atoms with Crippen LogP contribution in [0.1, 0.15) is 50.4 Å². The molecule has 3 heterocycles. The van der Waals surface area contributed by atoms with Gasteiger partial charge in [-0.1, -0.05) is 51.0 Å². The number of nitrogens with zero attached hydrogens (tertiary/aromatic N) is 6. The highest BCUT2D eigenvalue weighted by molar-refractivity contribution is 5.81. The summed E-state index contributed by atoms with van der Waals surface area (Å²) in [7, 11) is 0. The van der Waals surface area contributed by atoms with E-state index in [1.165, 1.54) is 0 Å². The van der Waals surface area contributed by atoms with Crippen LogP contribution in [0.15, 0.2) is 53.7 Å². The number of benzene rings is 1. The van der Waals surface area contributed by atoms with E-state index < -0.39 is 11.9 Å². The number of H-pyrrole nitrogens is 1. The zero-order valence-electron chi connectivity index (χ0n) is 20.3. The molecule has 3 aromatic heterocycles. The summed E-state index contributed by atoms with van der Waals surface area (Å²) in [6, 6.07) is 9.45. The minimum Gasteiger partial charge on any atom is -0.481 e. The number of aliphatic carboxylic acids is 1. The van der Waals surface area contributed by atoms with Crippen molar-refractivity contribution >= 4 is 5.97 Å². The van der Waals surface area contributed by atoms with Crippen LogP contribution in [0.5, 0.6) is 0 Å².